The van der Waals surface area contributed by atoms with Gasteiger partial charge in [-0.1, -0.05) is 0 Å². The van der Waals surface area contributed by atoms with E-state index in [2.05, 4.69) is 10.6 Å². The third-order valence-corrected chi connectivity index (χ3v) is 2.39. The third-order valence-electron chi connectivity index (χ3n) is 2.39. The molecular formula is C12H16F3N3O2. The summed E-state index contributed by atoms with van der Waals surface area (Å²) in [5.41, 5.74) is 4.39. The van der Waals surface area contributed by atoms with Gasteiger partial charge in [0, 0.05) is 7.05 Å². The van der Waals surface area contributed by atoms with Crippen LogP contribution in [0.1, 0.15) is 12.0 Å². The standard InChI is InChI=1S/C12H16F3N3O2/c1-17-11(19)18-9-7-8(12(13,14)15)3-4-10(9)20-6-2-5-16/h3-4,7H,2,5-6,16H2,1H3,(H2,17,18,19). The van der Waals surface area contributed by atoms with Crippen molar-refractivity contribution in [2.75, 3.05) is 25.5 Å². The second-order valence-corrected chi connectivity index (χ2v) is 3.90. The number of nitrogens with two attached hydrogens (primary N) is 1. The highest BCUT2D eigenvalue weighted by molar-refractivity contribution is 5.90. The van der Waals surface area contributed by atoms with Crippen molar-refractivity contribution in [1.82, 2.24) is 5.32 Å². The van der Waals surface area contributed by atoms with Gasteiger partial charge in [-0.05, 0) is 31.2 Å². The molecule has 0 aliphatic rings. The Bertz CT molecular complexity index is 464. The van der Waals surface area contributed by atoms with Crippen LogP contribution in [0.4, 0.5) is 23.7 Å². The summed E-state index contributed by atoms with van der Waals surface area (Å²) in [5, 5.41) is 4.55. The molecule has 0 aromatic heterocycles. The Morgan fingerprint density at radius 1 is 1.40 bits per heavy atom. The number of ether oxygens (including phenoxy) is 1. The smallest absolute Gasteiger partial charge is 0.416 e. The number of carbonyl (C=O) groups is 1. The highest BCUT2D eigenvalue weighted by Crippen LogP contribution is 2.35. The summed E-state index contributed by atoms with van der Waals surface area (Å²) in [6, 6.07) is 2.26. The highest BCUT2D eigenvalue weighted by Gasteiger charge is 2.31. The average molecular weight is 291 g/mol. The van der Waals surface area contributed by atoms with Crippen LogP contribution in [0.3, 0.4) is 0 Å². The van der Waals surface area contributed by atoms with E-state index in [1.807, 2.05) is 0 Å². The number of anilines is 1. The van der Waals surface area contributed by atoms with Gasteiger partial charge in [0.25, 0.3) is 0 Å². The van der Waals surface area contributed by atoms with E-state index < -0.39 is 17.8 Å². The highest BCUT2D eigenvalue weighted by atomic mass is 19.4. The quantitative estimate of drug-likeness (QED) is 0.728. The Morgan fingerprint density at radius 2 is 2.10 bits per heavy atom. The molecule has 0 atom stereocenters. The summed E-state index contributed by atoms with van der Waals surface area (Å²) >= 11 is 0. The van der Waals surface area contributed by atoms with E-state index in [4.69, 9.17) is 10.5 Å². The number of halogens is 3. The number of benzene rings is 1. The maximum atomic E-state index is 12.6. The van der Waals surface area contributed by atoms with E-state index >= 15 is 0 Å². The van der Waals surface area contributed by atoms with Crippen LogP contribution in [0.5, 0.6) is 5.75 Å². The summed E-state index contributed by atoms with van der Waals surface area (Å²) < 4.78 is 43.2. The summed E-state index contributed by atoms with van der Waals surface area (Å²) in [5.74, 6) is 0.162. The van der Waals surface area contributed by atoms with Gasteiger partial charge in [0.15, 0.2) is 0 Å². The van der Waals surface area contributed by atoms with Crippen molar-refractivity contribution < 1.29 is 22.7 Å². The van der Waals surface area contributed by atoms with Crippen molar-refractivity contribution in [3.05, 3.63) is 23.8 Å². The largest absolute Gasteiger partial charge is 0.491 e. The van der Waals surface area contributed by atoms with Gasteiger partial charge in [0.05, 0.1) is 17.9 Å². The first-order valence-electron chi connectivity index (χ1n) is 5.91. The Kier molecular flexibility index (Phi) is 5.63. The van der Waals surface area contributed by atoms with Crippen LogP contribution in [0.2, 0.25) is 0 Å². The van der Waals surface area contributed by atoms with Crippen molar-refractivity contribution in [1.29, 1.82) is 0 Å². The lowest BCUT2D eigenvalue weighted by Gasteiger charge is -2.15. The molecule has 0 radical (unpaired) electrons. The van der Waals surface area contributed by atoms with Gasteiger partial charge in [-0.2, -0.15) is 13.2 Å². The van der Waals surface area contributed by atoms with Crippen molar-refractivity contribution in [2.24, 2.45) is 5.73 Å². The first kappa shape index (κ1) is 16.1. The van der Waals surface area contributed by atoms with Crippen molar-refractivity contribution in [3.63, 3.8) is 0 Å². The Balaban J connectivity index is 3.00. The summed E-state index contributed by atoms with van der Waals surface area (Å²) in [6.07, 6.45) is -3.94. The van der Waals surface area contributed by atoms with Crippen LogP contribution < -0.4 is 21.1 Å². The maximum absolute atomic E-state index is 12.6. The molecule has 1 aromatic carbocycles. The zero-order chi connectivity index (χ0) is 15.2. The van der Waals surface area contributed by atoms with Gasteiger partial charge in [-0.3, -0.25) is 0 Å². The minimum Gasteiger partial charge on any atom is -0.491 e. The molecule has 0 bridgehead atoms. The first-order chi connectivity index (χ1) is 9.38. The van der Waals surface area contributed by atoms with Crippen LogP contribution in [0.15, 0.2) is 18.2 Å². The topological polar surface area (TPSA) is 76.4 Å². The third kappa shape index (κ3) is 4.61. The second-order valence-electron chi connectivity index (χ2n) is 3.90. The van der Waals surface area contributed by atoms with Gasteiger partial charge in [0.2, 0.25) is 0 Å². The molecule has 20 heavy (non-hydrogen) atoms. The average Bonchev–Trinajstić information content (AvgIpc) is 2.39. The molecule has 0 saturated heterocycles. The molecule has 4 N–H and O–H groups in total. The lowest BCUT2D eigenvalue weighted by molar-refractivity contribution is -0.137. The SMILES string of the molecule is CNC(=O)Nc1cc(C(F)(F)F)ccc1OCCCN. The predicted octanol–water partition coefficient (Wildman–Crippen LogP) is 2.18. The number of alkyl halides is 3. The molecule has 0 heterocycles. The van der Waals surface area contributed by atoms with Crippen LogP contribution in [0.25, 0.3) is 0 Å². The molecule has 0 unspecified atom stereocenters. The van der Waals surface area contributed by atoms with Crippen LogP contribution >= 0.6 is 0 Å². The van der Waals surface area contributed by atoms with Gasteiger partial charge >= 0.3 is 12.2 Å². The minimum absolute atomic E-state index is 0.0452. The van der Waals surface area contributed by atoms with Crippen molar-refractivity contribution in [3.8, 4) is 5.75 Å². The number of rotatable bonds is 5. The molecule has 0 aliphatic carbocycles. The number of amides is 2. The molecule has 8 heteroatoms. The number of nitrogens with one attached hydrogen (secondary N) is 2. The summed E-state index contributed by atoms with van der Waals surface area (Å²) in [7, 11) is 1.36. The lowest BCUT2D eigenvalue weighted by atomic mass is 10.2. The van der Waals surface area contributed by atoms with E-state index in [0.29, 0.717) is 13.0 Å². The molecule has 0 spiro atoms. The number of carbonyl (C=O) groups excluding carboxylic acids is 1. The van der Waals surface area contributed by atoms with E-state index in [0.717, 1.165) is 12.1 Å². The molecule has 2 amide bonds. The number of hydrogen-bond donors (Lipinski definition) is 3. The van der Waals surface area contributed by atoms with E-state index in [9.17, 15) is 18.0 Å². The van der Waals surface area contributed by atoms with Gasteiger partial charge in [-0.15, -0.1) is 0 Å². The summed E-state index contributed by atoms with van der Waals surface area (Å²) in [6.45, 7) is 0.656. The fraction of sp³-hybridized carbons (Fsp3) is 0.417. The lowest BCUT2D eigenvalue weighted by Crippen LogP contribution is -2.25. The van der Waals surface area contributed by atoms with Gasteiger partial charge < -0.3 is 21.1 Å². The monoisotopic (exact) mass is 291 g/mol. The van der Waals surface area contributed by atoms with Gasteiger partial charge in [0.1, 0.15) is 5.75 Å². The molecule has 0 aliphatic heterocycles. The molecule has 0 saturated carbocycles. The summed E-state index contributed by atoms with van der Waals surface area (Å²) in [4.78, 5) is 11.2. The molecule has 112 valence electrons. The van der Waals surface area contributed by atoms with Gasteiger partial charge in [-0.25, -0.2) is 4.79 Å². The fourth-order valence-electron chi connectivity index (χ4n) is 1.38. The maximum Gasteiger partial charge on any atom is 0.416 e. The molecule has 5 nitrogen and oxygen atoms in total. The zero-order valence-corrected chi connectivity index (χ0v) is 10.9. The van der Waals surface area contributed by atoms with Crippen LogP contribution in [-0.4, -0.2) is 26.2 Å². The van der Waals surface area contributed by atoms with Crippen molar-refractivity contribution in [2.45, 2.75) is 12.6 Å². The van der Waals surface area contributed by atoms with Crippen LogP contribution in [-0.2, 0) is 6.18 Å². The second kappa shape index (κ2) is 6.99. The Hall–Kier alpha value is -1.96. The normalized spacial score (nSPS) is 11.1. The fourth-order valence-corrected chi connectivity index (χ4v) is 1.38. The first-order valence-corrected chi connectivity index (χ1v) is 5.91. The molecule has 1 aromatic rings. The molecular weight excluding hydrogens is 275 g/mol. The molecule has 1 rings (SSSR count). The Morgan fingerprint density at radius 3 is 2.65 bits per heavy atom. The van der Waals surface area contributed by atoms with E-state index in [1.54, 1.807) is 0 Å². The minimum atomic E-state index is -4.49. The zero-order valence-electron chi connectivity index (χ0n) is 10.9. The number of hydrogen-bond acceptors (Lipinski definition) is 3. The number of urea groups is 1. The predicted molar refractivity (Wildman–Crippen MR) is 68.7 cm³/mol. The molecule has 0 fully saturated rings. The van der Waals surface area contributed by atoms with Crippen molar-refractivity contribution >= 4 is 11.7 Å². The van der Waals surface area contributed by atoms with E-state index in [-0.39, 0.29) is 18.0 Å². The van der Waals surface area contributed by atoms with Crippen LogP contribution in [0, 0.1) is 0 Å². The van der Waals surface area contributed by atoms with E-state index in [1.165, 1.54) is 13.1 Å². The Labute approximate surface area is 114 Å².